The summed E-state index contributed by atoms with van der Waals surface area (Å²) in [5, 5.41) is 20.2. The number of benzene rings is 1. The number of carboxylic acid groups (broad SMARTS) is 1. The van der Waals surface area contributed by atoms with Crippen molar-refractivity contribution in [3.05, 3.63) is 32.3 Å². The van der Waals surface area contributed by atoms with Crippen molar-refractivity contribution in [1.29, 1.82) is 0 Å². The first-order valence-electron chi connectivity index (χ1n) is 6.16. The molecule has 21 heavy (non-hydrogen) atoms. The quantitative estimate of drug-likeness (QED) is 0.455. The molecular formula is C13H14BrNO6. The van der Waals surface area contributed by atoms with Crippen LogP contribution in [-0.4, -0.2) is 27.9 Å². The summed E-state index contributed by atoms with van der Waals surface area (Å²) in [6.45, 7) is 3.00. The SMILES string of the molecule is CCCC(Oc1c(C(C)=O)cc(Br)cc1[N+](=O)[O-])C(=O)O. The summed E-state index contributed by atoms with van der Waals surface area (Å²) in [7, 11) is 0. The number of hydrogen-bond donors (Lipinski definition) is 1. The van der Waals surface area contributed by atoms with Crippen LogP contribution in [0.1, 0.15) is 37.0 Å². The van der Waals surface area contributed by atoms with Crippen LogP contribution in [0.5, 0.6) is 5.75 Å². The number of carbonyl (C=O) groups excluding carboxylic acids is 1. The number of hydrogen-bond acceptors (Lipinski definition) is 5. The number of carboxylic acids is 1. The highest BCUT2D eigenvalue weighted by molar-refractivity contribution is 9.10. The van der Waals surface area contributed by atoms with Gasteiger partial charge in [-0.05, 0) is 19.4 Å². The lowest BCUT2D eigenvalue weighted by molar-refractivity contribution is -0.386. The van der Waals surface area contributed by atoms with Crippen LogP contribution in [0.3, 0.4) is 0 Å². The number of Topliss-reactive ketones (excluding diaryl/α,β-unsaturated/α-hetero) is 1. The highest BCUT2D eigenvalue weighted by Gasteiger charge is 2.28. The van der Waals surface area contributed by atoms with Crippen molar-refractivity contribution < 1.29 is 24.4 Å². The molecule has 0 amide bonds. The average molecular weight is 360 g/mol. The zero-order valence-electron chi connectivity index (χ0n) is 11.5. The molecule has 0 aliphatic heterocycles. The van der Waals surface area contributed by atoms with Crippen LogP contribution < -0.4 is 4.74 Å². The van der Waals surface area contributed by atoms with E-state index in [1.807, 2.05) is 0 Å². The molecule has 0 saturated heterocycles. The number of nitro benzene ring substituents is 1. The Morgan fingerprint density at radius 3 is 2.52 bits per heavy atom. The lowest BCUT2D eigenvalue weighted by atomic mass is 10.1. The molecule has 1 atom stereocenters. The van der Waals surface area contributed by atoms with E-state index in [9.17, 15) is 19.7 Å². The Bertz CT molecular complexity index is 551. The van der Waals surface area contributed by atoms with Crippen molar-refractivity contribution >= 4 is 33.4 Å². The van der Waals surface area contributed by atoms with Gasteiger partial charge < -0.3 is 9.84 Å². The van der Waals surface area contributed by atoms with Gasteiger partial charge in [-0.3, -0.25) is 14.9 Å². The van der Waals surface area contributed by atoms with E-state index >= 15 is 0 Å². The van der Waals surface area contributed by atoms with E-state index in [1.54, 1.807) is 6.92 Å². The van der Waals surface area contributed by atoms with Crippen molar-refractivity contribution in [2.45, 2.75) is 32.8 Å². The van der Waals surface area contributed by atoms with Crippen LogP contribution >= 0.6 is 15.9 Å². The average Bonchev–Trinajstić information content (AvgIpc) is 2.38. The van der Waals surface area contributed by atoms with Crippen LogP contribution in [0, 0.1) is 10.1 Å². The fourth-order valence-corrected chi connectivity index (χ4v) is 2.18. The van der Waals surface area contributed by atoms with Gasteiger partial charge in [-0.1, -0.05) is 29.3 Å². The minimum absolute atomic E-state index is 0.0292. The fourth-order valence-electron chi connectivity index (χ4n) is 1.74. The molecule has 0 spiro atoms. The summed E-state index contributed by atoms with van der Waals surface area (Å²) >= 11 is 3.08. The third kappa shape index (κ3) is 4.25. The van der Waals surface area contributed by atoms with Gasteiger partial charge in [0, 0.05) is 10.5 Å². The molecular weight excluding hydrogens is 346 g/mol. The van der Waals surface area contributed by atoms with E-state index in [1.165, 1.54) is 19.1 Å². The number of carbonyl (C=O) groups is 2. The number of aliphatic carboxylic acids is 1. The summed E-state index contributed by atoms with van der Waals surface area (Å²) < 4.78 is 5.62. The van der Waals surface area contributed by atoms with Gasteiger partial charge in [-0.2, -0.15) is 0 Å². The van der Waals surface area contributed by atoms with Gasteiger partial charge in [0.2, 0.25) is 5.75 Å². The Morgan fingerprint density at radius 2 is 2.10 bits per heavy atom. The summed E-state index contributed by atoms with van der Waals surface area (Å²) in [5.74, 6) is -1.99. The molecule has 0 radical (unpaired) electrons. The van der Waals surface area contributed by atoms with Crippen LogP contribution in [0.4, 0.5) is 5.69 Å². The van der Waals surface area contributed by atoms with Crippen molar-refractivity contribution in [1.82, 2.24) is 0 Å². The standard InChI is InChI=1S/C13H14BrNO6/c1-3-4-11(13(17)18)21-12-9(7(2)16)5-8(14)6-10(12)15(19)20/h5-6,11H,3-4H2,1-2H3,(H,17,18). The first-order chi connectivity index (χ1) is 9.77. The summed E-state index contributed by atoms with van der Waals surface area (Å²) in [5.41, 5.74) is -0.477. The maximum Gasteiger partial charge on any atom is 0.344 e. The fraction of sp³-hybridized carbons (Fsp3) is 0.385. The zero-order chi connectivity index (χ0) is 16.2. The largest absolute Gasteiger partial charge is 0.479 e. The van der Waals surface area contributed by atoms with Crippen molar-refractivity contribution in [2.24, 2.45) is 0 Å². The highest BCUT2D eigenvalue weighted by Crippen LogP contribution is 2.36. The number of nitro groups is 1. The van der Waals surface area contributed by atoms with E-state index in [0.29, 0.717) is 10.9 Å². The molecule has 0 aromatic heterocycles. The van der Waals surface area contributed by atoms with Gasteiger partial charge in [0.25, 0.3) is 0 Å². The molecule has 0 saturated carbocycles. The molecule has 7 nitrogen and oxygen atoms in total. The van der Waals surface area contributed by atoms with E-state index in [4.69, 9.17) is 9.84 Å². The minimum atomic E-state index is -1.24. The first-order valence-corrected chi connectivity index (χ1v) is 6.95. The highest BCUT2D eigenvalue weighted by atomic mass is 79.9. The first kappa shape index (κ1) is 17.1. The van der Waals surface area contributed by atoms with Crippen molar-refractivity contribution in [3.8, 4) is 5.75 Å². The Hall–Kier alpha value is -1.96. The molecule has 1 rings (SSSR count). The Balaban J connectivity index is 3.40. The number of rotatable bonds is 7. The van der Waals surface area contributed by atoms with Crippen LogP contribution in [-0.2, 0) is 4.79 Å². The monoisotopic (exact) mass is 359 g/mol. The second-order valence-corrected chi connectivity index (χ2v) is 5.26. The number of nitrogens with zero attached hydrogens (tertiary/aromatic N) is 1. The maximum atomic E-state index is 11.6. The van der Waals surface area contributed by atoms with E-state index in [2.05, 4.69) is 15.9 Å². The predicted octanol–water partition coefficient (Wildman–Crippen LogP) is 3.19. The van der Waals surface area contributed by atoms with Gasteiger partial charge in [-0.25, -0.2) is 4.79 Å². The summed E-state index contributed by atoms with van der Waals surface area (Å²) in [6, 6.07) is 2.54. The smallest absolute Gasteiger partial charge is 0.344 e. The predicted molar refractivity (Wildman–Crippen MR) is 77.8 cm³/mol. The third-order valence-corrected chi connectivity index (χ3v) is 3.15. The van der Waals surface area contributed by atoms with Crippen LogP contribution in [0.2, 0.25) is 0 Å². The van der Waals surface area contributed by atoms with Crippen molar-refractivity contribution in [3.63, 3.8) is 0 Å². The van der Waals surface area contributed by atoms with E-state index in [-0.39, 0.29) is 17.7 Å². The van der Waals surface area contributed by atoms with Crippen LogP contribution in [0.15, 0.2) is 16.6 Å². The maximum absolute atomic E-state index is 11.6. The molecule has 1 N–H and O–H groups in total. The van der Waals surface area contributed by atoms with Gasteiger partial charge >= 0.3 is 11.7 Å². The molecule has 0 aliphatic carbocycles. The van der Waals surface area contributed by atoms with Gasteiger partial charge in [-0.15, -0.1) is 0 Å². The van der Waals surface area contributed by atoms with Gasteiger partial charge in [0.15, 0.2) is 11.9 Å². The minimum Gasteiger partial charge on any atom is -0.479 e. The van der Waals surface area contributed by atoms with Gasteiger partial charge in [0.05, 0.1) is 10.5 Å². The Morgan fingerprint density at radius 1 is 1.48 bits per heavy atom. The normalized spacial score (nSPS) is 11.8. The van der Waals surface area contributed by atoms with Gasteiger partial charge in [0.1, 0.15) is 0 Å². The van der Waals surface area contributed by atoms with Crippen molar-refractivity contribution in [2.75, 3.05) is 0 Å². The second kappa shape index (κ2) is 7.16. The van der Waals surface area contributed by atoms with E-state index < -0.39 is 28.5 Å². The Labute approximate surface area is 129 Å². The number of ether oxygens (including phenoxy) is 1. The lowest BCUT2D eigenvalue weighted by Gasteiger charge is -2.16. The molecule has 0 fully saturated rings. The molecule has 0 heterocycles. The number of halogens is 1. The molecule has 1 aromatic carbocycles. The molecule has 1 unspecified atom stereocenters. The summed E-state index contributed by atoms with van der Waals surface area (Å²) in [6.07, 6.45) is -0.538. The van der Waals surface area contributed by atoms with E-state index in [0.717, 1.165) is 0 Å². The molecule has 0 bridgehead atoms. The molecule has 0 aliphatic rings. The second-order valence-electron chi connectivity index (χ2n) is 4.35. The molecule has 8 heteroatoms. The number of ketones is 1. The molecule has 1 aromatic rings. The summed E-state index contributed by atoms with van der Waals surface area (Å²) in [4.78, 5) is 33.2. The molecule has 114 valence electrons. The zero-order valence-corrected chi connectivity index (χ0v) is 13.0. The lowest BCUT2D eigenvalue weighted by Crippen LogP contribution is -2.27. The van der Waals surface area contributed by atoms with Crippen LogP contribution in [0.25, 0.3) is 0 Å². The third-order valence-electron chi connectivity index (χ3n) is 2.70. The topological polar surface area (TPSA) is 107 Å². The Kier molecular flexibility index (Phi) is 5.83.